The van der Waals surface area contributed by atoms with E-state index in [-0.39, 0.29) is 46.6 Å². The Morgan fingerprint density at radius 3 is 1.85 bits per heavy atom. The molecule has 4 fully saturated rings. The number of hydrogen-bond donors (Lipinski definition) is 4. The number of piperidine rings is 1. The number of carbonyl (C=O) groups excluding carboxylic acids is 6. The summed E-state index contributed by atoms with van der Waals surface area (Å²) in [5.74, 6) is -2.89. The molecule has 4 aliphatic rings. The number of rotatable bonds is 13. The van der Waals surface area contributed by atoms with Crippen LogP contribution in [0.4, 0.5) is 0 Å². The van der Waals surface area contributed by atoms with Crippen molar-refractivity contribution in [1.82, 2.24) is 31.1 Å². The number of ketones is 1. The number of nitrogens with one attached hydrogen (secondary N) is 4. The predicted octanol–water partition coefficient (Wildman–Crippen LogP) is 4.10. The van der Waals surface area contributed by atoms with Crippen molar-refractivity contribution in [2.45, 2.75) is 177 Å². The van der Waals surface area contributed by atoms with Gasteiger partial charge in [-0.25, -0.2) is 0 Å². The first kappa shape index (κ1) is 42.7. The Labute approximate surface area is 318 Å². The zero-order chi connectivity index (χ0) is 39.9. The fourth-order valence-electron chi connectivity index (χ4n) is 10.0. The Balaban J connectivity index is 1.64. The van der Waals surface area contributed by atoms with Crippen molar-refractivity contribution < 1.29 is 28.8 Å². The number of likely N-dealkylation sites (tertiary alicyclic amines) is 2. The van der Waals surface area contributed by atoms with Crippen LogP contribution < -0.4 is 21.3 Å². The zero-order valence-electron chi connectivity index (χ0n) is 34.8. The minimum absolute atomic E-state index is 0.0247. The van der Waals surface area contributed by atoms with E-state index < -0.39 is 58.5 Å². The van der Waals surface area contributed by atoms with Crippen LogP contribution >= 0.6 is 0 Å². The van der Waals surface area contributed by atoms with E-state index >= 15 is 0 Å². The van der Waals surface area contributed by atoms with E-state index in [0.717, 1.165) is 51.6 Å². The average Bonchev–Trinajstić information content (AvgIpc) is 3.26. The molecular weight excluding hydrogens is 672 g/mol. The van der Waals surface area contributed by atoms with Crippen LogP contribution in [-0.4, -0.2) is 101 Å². The molecule has 0 aromatic rings. The van der Waals surface area contributed by atoms with E-state index in [2.05, 4.69) is 40.0 Å². The van der Waals surface area contributed by atoms with Gasteiger partial charge >= 0.3 is 0 Å². The van der Waals surface area contributed by atoms with E-state index in [1.54, 1.807) is 18.7 Å². The fourth-order valence-corrected chi connectivity index (χ4v) is 10.0. The summed E-state index contributed by atoms with van der Waals surface area (Å²) >= 11 is 0. The smallest absolute Gasteiger partial charge is 0.289 e. The van der Waals surface area contributed by atoms with Gasteiger partial charge in [0.15, 0.2) is 0 Å². The van der Waals surface area contributed by atoms with Gasteiger partial charge in [-0.1, -0.05) is 88.5 Å². The number of Topliss-reactive ketones (excluding diaryl/α,β-unsaturated/α-hetero) is 1. The molecule has 12 heteroatoms. The minimum Gasteiger partial charge on any atom is -0.347 e. The molecule has 0 bridgehead atoms. The molecule has 12 nitrogen and oxygen atoms in total. The largest absolute Gasteiger partial charge is 0.347 e. The predicted molar refractivity (Wildman–Crippen MR) is 205 cm³/mol. The summed E-state index contributed by atoms with van der Waals surface area (Å²) in [6.07, 6.45) is 7.19. The summed E-state index contributed by atoms with van der Waals surface area (Å²) in [6.45, 7) is 25.3. The Bertz CT molecular complexity index is 1420. The highest BCUT2D eigenvalue weighted by molar-refractivity contribution is 6.38. The Hall–Kier alpha value is -3.02. The molecule has 2 saturated heterocycles. The van der Waals surface area contributed by atoms with Crippen LogP contribution in [0.1, 0.15) is 141 Å². The maximum absolute atomic E-state index is 15.0. The van der Waals surface area contributed by atoms with E-state index in [0.29, 0.717) is 19.4 Å². The molecular formula is C41H70N6O6. The minimum atomic E-state index is -1.02. The molecule has 2 heterocycles. The zero-order valence-corrected chi connectivity index (χ0v) is 34.8. The number of hydrogen-bond acceptors (Lipinski definition) is 7. The molecule has 0 radical (unpaired) electrons. The van der Waals surface area contributed by atoms with Crippen LogP contribution in [0.5, 0.6) is 0 Å². The summed E-state index contributed by atoms with van der Waals surface area (Å²) in [4.78, 5) is 87.2. The first-order valence-corrected chi connectivity index (χ1v) is 20.3. The maximum Gasteiger partial charge on any atom is 0.289 e. The third-order valence-corrected chi connectivity index (χ3v) is 13.4. The highest BCUT2D eigenvalue weighted by Gasteiger charge is 2.85. The number of fused-ring (bicyclic) bond motifs is 1. The third kappa shape index (κ3) is 8.04. The number of likely N-dealkylation sites (N-methyl/N-ethyl adjacent to an activating group) is 1. The highest BCUT2D eigenvalue weighted by Crippen LogP contribution is 2.88. The Morgan fingerprint density at radius 2 is 1.36 bits per heavy atom. The van der Waals surface area contributed by atoms with Gasteiger partial charge in [-0.05, 0) is 87.1 Å². The fraction of sp³-hybridized carbons (Fsp3) is 0.854. The monoisotopic (exact) mass is 743 g/mol. The average molecular weight is 743 g/mol. The van der Waals surface area contributed by atoms with Crippen molar-refractivity contribution in [3.63, 3.8) is 0 Å². The van der Waals surface area contributed by atoms with Crippen molar-refractivity contribution in [1.29, 1.82) is 0 Å². The number of amides is 5. The van der Waals surface area contributed by atoms with E-state index in [4.69, 9.17) is 0 Å². The van der Waals surface area contributed by atoms with Gasteiger partial charge in [0.1, 0.15) is 18.1 Å². The van der Waals surface area contributed by atoms with E-state index in [9.17, 15) is 28.8 Å². The molecule has 2 saturated carbocycles. The Morgan fingerprint density at radius 1 is 0.755 bits per heavy atom. The summed E-state index contributed by atoms with van der Waals surface area (Å²) in [6, 6.07) is -4.37. The van der Waals surface area contributed by atoms with Gasteiger partial charge in [0.25, 0.3) is 5.91 Å². The molecule has 300 valence electrons. The van der Waals surface area contributed by atoms with Crippen LogP contribution in [0.15, 0.2) is 0 Å². The molecule has 4 N–H and O–H groups in total. The van der Waals surface area contributed by atoms with Crippen molar-refractivity contribution in [2.75, 3.05) is 19.6 Å². The molecule has 5 amide bonds. The quantitative estimate of drug-likeness (QED) is 0.207. The highest BCUT2D eigenvalue weighted by atomic mass is 16.2. The van der Waals surface area contributed by atoms with Crippen LogP contribution in [0.3, 0.4) is 0 Å². The van der Waals surface area contributed by atoms with Crippen LogP contribution in [0, 0.1) is 27.1 Å². The summed E-state index contributed by atoms with van der Waals surface area (Å²) in [7, 11) is 0. The lowest BCUT2D eigenvalue weighted by Gasteiger charge is -2.39. The van der Waals surface area contributed by atoms with Crippen molar-refractivity contribution in [3.05, 3.63) is 0 Å². The standard InChI is InChI=1S/C41H70N6O6/c1-13-18-26(29(48)34(51)42-25(3)4)43-33(50)28-23-41(39(11,12)40(41)20-17-21-40)24-47(28)36(53)31(38(8,9)10)45-35(52)30(37(5,6)7)44-32(49)27-19-15-16-22-46(27)14-2/h25-28,30-31H,13-24H2,1-12H3,(H,42,51)(H,43,50)(H,44,49)(H,45,52)/t26?,27-,28-,30+,31+,41+/m0/s1. The molecule has 0 aromatic heterocycles. The molecule has 1 unspecified atom stereocenters. The van der Waals surface area contributed by atoms with Gasteiger partial charge in [-0.2, -0.15) is 0 Å². The maximum atomic E-state index is 15.0. The van der Waals surface area contributed by atoms with Crippen LogP contribution in [0.25, 0.3) is 0 Å². The number of carbonyl (C=O) groups is 6. The van der Waals surface area contributed by atoms with Crippen molar-refractivity contribution in [3.8, 4) is 0 Å². The summed E-state index contributed by atoms with van der Waals surface area (Å²) in [5, 5.41) is 11.7. The Kier molecular flexibility index (Phi) is 12.6. The van der Waals surface area contributed by atoms with Gasteiger partial charge in [0.05, 0.1) is 12.1 Å². The summed E-state index contributed by atoms with van der Waals surface area (Å²) in [5.41, 5.74) is -1.77. The number of nitrogens with zero attached hydrogens (tertiary/aromatic N) is 2. The summed E-state index contributed by atoms with van der Waals surface area (Å²) < 4.78 is 0. The van der Waals surface area contributed by atoms with Gasteiger partial charge in [-0.15, -0.1) is 0 Å². The lowest BCUT2D eigenvalue weighted by Crippen LogP contribution is -2.63. The molecule has 0 aromatic carbocycles. The van der Waals surface area contributed by atoms with Crippen molar-refractivity contribution >= 4 is 35.3 Å². The second kappa shape index (κ2) is 15.6. The second-order valence-corrected chi connectivity index (χ2v) is 19.4. The van der Waals surface area contributed by atoms with E-state index in [1.807, 2.05) is 55.4 Å². The first-order chi connectivity index (χ1) is 24.5. The molecule has 4 rings (SSSR count). The topological polar surface area (TPSA) is 157 Å². The van der Waals surface area contributed by atoms with Crippen LogP contribution in [0.2, 0.25) is 0 Å². The molecule has 2 spiro atoms. The normalized spacial score (nSPS) is 26.7. The lowest BCUT2D eigenvalue weighted by atomic mass is 9.73. The van der Waals surface area contributed by atoms with Gasteiger partial charge in [0, 0.05) is 18.0 Å². The van der Waals surface area contributed by atoms with Crippen LogP contribution in [-0.2, 0) is 28.8 Å². The molecule has 53 heavy (non-hydrogen) atoms. The molecule has 2 aliphatic heterocycles. The molecule has 6 atom stereocenters. The van der Waals surface area contributed by atoms with Crippen molar-refractivity contribution in [2.24, 2.45) is 27.1 Å². The lowest BCUT2D eigenvalue weighted by molar-refractivity contribution is -0.146. The second-order valence-electron chi connectivity index (χ2n) is 19.4. The third-order valence-electron chi connectivity index (χ3n) is 13.4. The van der Waals surface area contributed by atoms with E-state index in [1.165, 1.54) is 0 Å². The SMILES string of the molecule is CCCC(NC(=O)[C@@H]1C[C@@]2(CN1C(=O)[C@@H](NC(=O)[C@@H](NC(=O)[C@@H]1CCCCN1CC)C(C)(C)C)C(C)(C)C)C(C)(C)C21CCC1)C(=O)C(=O)NC(C)C. The first-order valence-electron chi connectivity index (χ1n) is 20.3. The van der Waals surface area contributed by atoms with Gasteiger partial charge in [-0.3, -0.25) is 33.7 Å². The van der Waals surface area contributed by atoms with Gasteiger partial charge < -0.3 is 26.2 Å². The van der Waals surface area contributed by atoms with Gasteiger partial charge in [0.2, 0.25) is 29.4 Å². The molecule has 2 aliphatic carbocycles.